The van der Waals surface area contributed by atoms with Crippen LogP contribution in [-0.4, -0.2) is 7.11 Å². The van der Waals surface area contributed by atoms with Crippen LogP contribution in [0.4, 0.5) is 0 Å². The minimum atomic E-state index is -0.214. The lowest BCUT2D eigenvalue weighted by Gasteiger charge is -2.09. The van der Waals surface area contributed by atoms with Crippen LogP contribution in [0.25, 0.3) is 0 Å². The molecule has 0 aliphatic heterocycles. The number of ether oxygens (including phenoxy) is 1. The molecule has 0 heterocycles. The molecule has 0 saturated heterocycles. The van der Waals surface area contributed by atoms with Gasteiger partial charge in [-0.3, -0.25) is 0 Å². The third-order valence-corrected chi connectivity index (χ3v) is 3.29. The molecule has 2 rings (SSSR count). The first-order valence-corrected chi connectivity index (χ1v) is 5.26. The molecule has 3 heteroatoms. The summed E-state index contributed by atoms with van der Waals surface area (Å²) in [5.41, 5.74) is 0.877. The average molecular weight is 252 g/mol. The summed E-state index contributed by atoms with van der Waals surface area (Å²) >= 11 is 3.42. The molecule has 1 aliphatic rings. The lowest BCUT2D eigenvalue weighted by Crippen LogP contribution is -2.02. The van der Waals surface area contributed by atoms with Gasteiger partial charge in [0, 0.05) is 0 Å². The van der Waals surface area contributed by atoms with Gasteiger partial charge < -0.3 is 4.74 Å². The minimum absolute atomic E-state index is 0.214. The van der Waals surface area contributed by atoms with Gasteiger partial charge in [0.2, 0.25) is 0 Å². The first-order chi connectivity index (χ1) is 6.72. The second-order valence-corrected chi connectivity index (χ2v) is 4.40. The second-order valence-electron chi connectivity index (χ2n) is 3.54. The van der Waals surface area contributed by atoms with Crippen LogP contribution in [-0.2, 0) is 5.41 Å². The van der Waals surface area contributed by atoms with Crippen molar-refractivity contribution in [3.63, 3.8) is 0 Å². The van der Waals surface area contributed by atoms with E-state index >= 15 is 0 Å². The quantitative estimate of drug-likeness (QED) is 0.810. The summed E-state index contributed by atoms with van der Waals surface area (Å²) in [5.74, 6) is 0.808. The van der Waals surface area contributed by atoms with E-state index in [2.05, 4.69) is 22.0 Å². The maximum absolute atomic E-state index is 9.03. The molecular weight excluding hydrogens is 242 g/mol. The van der Waals surface area contributed by atoms with Crippen LogP contribution in [0.1, 0.15) is 18.4 Å². The highest BCUT2D eigenvalue weighted by atomic mass is 79.9. The molecule has 1 aliphatic carbocycles. The van der Waals surface area contributed by atoms with Gasteiger partial charge in [-0.15, -0.1) is 0 Å². The zero-order valence-electron chi connectivity index (χ0n) is 7.88. The summed E-state index contributed by atoms with van der Waals surface area (Å²) in [7, 11) is 1.64. The van der Waals surface area contributed by atoms with Crippen molar-refractivity contribution in [1.82, 2.24) is 0 Å². The third kappa shape index (κ3) is 1.40. The Hall–Kier alpha value is -1.01. The number of hydrogen-bond donors (Lipinski definition) is 0. The van der Waals surface area contributed by atoms with Crippen molar-refractivity contribution >= 4 is 15.9 Å². The summed E-state index contributed by atoms with van der Waals surface area (Å²) in [6, 6.07) is 8.22. The Kier molecular flexibility index (Phi) is 2.24. The van der Waals surface area contributed by atoms with E-state index in [9.17, 15) is 0 Å². The molecular formula is C11H10BrNO. The van der Waals surface area contributed by atoms with Crippen molar-refractivity contribution in [2.75, 3.05) is 7.11 Å². The number of rotatable bonds is 2. The van der Waals surface area contributed by atoms with Crippen LogP contribution < -0.4 is 4.74 Å². The van der Waals surface area contributed by atoms with Gasteiger partial charge in [-0.2, -0.15) is 5.26 Å². The maximum Gasteiger partial charge on any atom is 0.133 e. The number of methoxy groups -OCH3 is 1. The van der Waals surface area contributed by atoms with Crippen LogP contribution >= 0.6 is 15.9 Å². The summed E-state index contributed by atoms with van der Waals surface area (Å²) in [5, 5.41) is 9.03. The molecule has 2 nitrogen and oxygen atoms in total. The van der Waals surface area contributed by atoms with Crippen molar-refractivity contribution in [3.8, 4) is 11.8 Å². The van der Waals surface area contributed by atoms with E-state index < -0.39 is 0 Å². The number of hydrogen-bond acceptors (Lipinski definition) is 2. The zero-order chi connectivity index (χ0) is 10.2. The van der Waals surface area contributed by atoms with E-state index in [1.807, 2.05) is 18.2 Å². The molecule has 0 spiro atoms. The van der Waals surface area contributed by atoms with E-state index in [0.717, 1.165) is 28.6 Å². The molecule has 0 N–H and O–H groups in total. The van der Waals surface area contributed by atoms with E-state index in [1.54, 1.807) is 7.11 Å². The first kappa shape index (κ1) is 9.54. The molecule has 1 fully saturated rings. The fourth-order valence-corrected chi connectivity index (χ4v) is 2.09. The van der Waals surface area contributed by atoms with Crippen LogP contribution in [0.3, 0.4) is 0 Å². The molecule has 0 unspecified atom stereocenters. The summed E-state index contributed by atoms with van der Waals surface area (Å²) in [6.07, 6.45) is 1.95. The predicted octanol–water partition coefficient (Wildman–Crippen LogP) is 3.01. The van der Waals surface area contributed by atoms with Crippen LogP contribution in [0.5, 0.6) is 5.75 Å². The highest BCUT2D eigenvalue weighted by Gasteiger charge is 2.44. The fraction of sp³-hybridized carbons (Fsp3) is 0.364. The SMILES string of the molecule is COc1ccc(C2(C#N)CC2)cc1Br. The molecule has 14 heavy (non-hydrogen) atoms. The fourth-order valence-electron chi connectivity index (χ4n) is 1.55. The molecule has 0 bridgehead atoms. The maximum atomic E-state index is 9.03. The minimum Gasteiger partial charge on any atom is -0.496 e. The predicted molar refractivity (Wildman–Crippen MR) is 57.2 cm³/mol. The van der Waals surface area contributed by atoms with Crippen LogP contribution in [0.15, 0.2) is 22.7 Å². The Morgan fingerprint density at radius 3 is 2.64 bits per heavy atom. The van der Waals surface area contributed by atoms with Gasteiger partial charge in [0.05, 0.1) is 23.1 Å². The number of nitriles is 1. The molecule has 0 amide bonds. The molecule has 1 saturated carbocycles. The smallest absolute Gasteiger partial charge is 0.133 e. The largest absolute Gasteiger partial charge is 0.496 e. The Labute approximate surface area is 91.6 Å². The highest BCUT2D eigenvalue weighted by molar-refractivity contribution is 9.10. The highest BCUT2D eigenvalue weighted by Crippen LogP contribution is 2.48. The third-order valence-electron chi connectivity index (χ3n) is 2.67. The van der Waals surface area contributed by atoms with Crippen LogP contribution in [0, 0.1) is 11.3 Å². The zero-order valence-corrected chi connectivity index (χ0v) is 9.47. The monoisotopic (exact) mass is 251 g/mol. The Balaban J connectivity index is 2.39. The van der Waals surface area contributed by atoms with E-state index in [4.69, 9.17) is 10.00 Å². The van der Waals surface area contributed by atoms with Gasteiger partial charge in [-0.25, -0.2) is 0 Å². The Bertz CT molecular complexity index is 404. The van der Waals surface area contributed by atoms with Gasteiger partial charge in [-0.1, -0.05) is 6.07 Å². The summed E-state index contributed by atoms with van der Waals surface area (Å²) < 4.78 is 6.05. The average Bonchev–Trinajstić information content (AvgIpc) is 2.98. The van der Waals surface area contributed by atoms with Gasteiger partial charge in [0.15, 0.2) is 0 Å². The second kappa shape index (κ2) is 3.29. The van der Waals surface area contributed by atoms with Gasteiger partial charge in [0.1, 0.15) is 5.75 Å². The molecule has 0 aromatic heterocycles. The number of benzene rings is 1. The first-order valence-electron chi connectivity index (χ1n) is 4.47. The lowest BCUT2D eigenvalue weighted by atomic mass is 9.98. The van der Waals surface area contributed by atoms with E-state index in [1.165, 1.54) is 0 Å². The Morgan fingerprint density at radius 2 is 2.21 bits per heavy atom. The van der Waals surface area contributed by atoms with Crippen molar-refractivity contribution in [2.45, 2.75) is 18.3 Å². The van der Waals surface area contributed by atoms with Crippen molar-refractivity contribution in [1.29, 1.82) is 5.26 Å². The van der Waals surface area contributed by atoms with Gasteiger partial charge in [0.25, 0.3) is 0 Å². The standard InChI is InChI=1S/C11H10BrNO/c1-14-10-3-2-8(6-9(10)12)11(7-13)4-5-11/h2-3,6H,4-5H2,1H3. The van der Waals surface area contributed by atoms with Crippen molar-refractivity contribution < 1.29 is 4.74 Å². The molecule has 1 aromatic carbocycles. The van der Waals surface area contributed by atoms with Gasteiger partial charge >= 0.3 is 0 Å². The van der Waals surface area contributed by atoms with Crippen molar-refractivity contribution in [2.24, 2.45) is 0 Å². The normalized spacial score (nSPS) is 17.2. The summed E-state index contributed by atoms with van der Waals surface area (Å²) in [4.78, 5) is 0. The number of halogens is 1. The molecule has 0 atom stereocenters. The summed E-state index contributed by atoms with van der Waals surface area (Å²) in [6.45, 7) is 0. The number of nitrogens with zero attached hydrogens (tertiary/aromatic N) is 1. The molecule has 72 valence electrons. The van der Waals surface area contributed by atoms with E-state index in [-0.39, 0.29) is 5.41 Å². The lowest BCUT2D eigenvalue weighted by molar-refractivity contribution is 0.412. The topological polar surface area (TPSA) is 33.0 Å². The van der Waals surface area contributed by atoms with E-state index in [0.29, 0.717) is 0 Å². The van der Waals surface area contributed by atoms with Crippen molar-refractivity contribution in [3.05, 3.63) is 28.2 Å². The molecule has 0 radical (unpaired) electrons. The van der Waals surface area contributed by atoms with Gasteiger partial charge in [-0.05, 0) is 46.5 Å². The Morgan fingerprint density at radius 1 is 1.50 bits per heavy atom. The molecule has 1 aromatic rings. The van der Waals surface area contributed by atoms with Crippen LogP contribution in [0.2, 0.25) is 0 Å².